The second-order valence-corrected chi connectivity index (χ2v) is 4.55. The predicted octanol–water partition coefficient (Wildman–Crippen LogP) is 3.04. The quantitative estimate of drug-likeness (QED) is 0.857. The fourth-order valence-electron chi connectivity index (χ4n) is 1.77. The van der Waals surface area contributed by atoms with Gasteiger partial charge in [0.05, 0.1) is 5.69 Å². The molecule has 0 aliphatic rings. The van der Waals surface area contributed by atoms with Crippen LogP contribution < -0.4 is 5.32 Å². The summed E-state index contributed by atoms with van der Waals surface area (Å²) < 4.78 is 0. The van der Waals surface area contributed by atoms with E-state index in [-0.39, 0.29) is 0 Å². The summed E-state index contributed by atoms with van der Waals surface area (Å²) in [4.78, 5) is 4.39. The monoisotopic (exact) mass is 232 g/mol. The molecule has 0 aliphatic carbocycles. The van der Waals surface area contributed by atoms with Crippen molar-refractivity contribution < 1.29 is 0 Å². The van der Waals surface area contributed by atoms with Crippen molar-refractivity contribution in [1.29, 1.82) is 0 Å². The number of nitrogens with zero attached hydrogens (tertiary/aromatic N) is 1. The molecule has 2 nitrogen and oxygen atoms in total. The lowest BCUT2D eigenvalue weighted by atomic mass is 10.0. The summed E-state index contributed by atoms with van der Waals surface area (Å²) in [7, 11) is 1.99. The Morgan fingerprint density at radius 2 is 2.31 bits per heavy atom. The molecule has 0 saturated carbocycles. The molecule has 2 heterocycles. The van der Waals surface area contributed by atoms with Crippen LogP contribution >= 0.6 is 11.3 Å². The van der Waals surface area contributed by atoms with E-state index in [1.54, 1.807) is 11.3 Å². The number of hydrogen-bond donors (Lipinski definition) is 1. The Bertz CT molecular complexity index is 397. The van der Waals surface area contributed by atoms with Gasteiger partial charge in [0.15, 0.2) is 0 Å². The molecule has 1 N–H and O–H groups in total. The fourth-order valence-corrected chi connectivity index (χ4v) is 2.47. The molecular weight excluding hydrogens is 216 g/mol. The van der Waals surface area contributed by atoms with Crippen LogP contribution in [-0.2, 0) is 6.42 Å². The zero-order chi connectivity index (χ0) is 11.2. The van der Waals surface area contributed by atoms with Gasteiger partial charge in [0, 0.05) is 12.2 Å². The zero-order valence-corrected chi connectivity index (χ0v) is 10.2. The number of thiophene rings is 1. The maximum atomic E-state index is 4.39. The summed E-state index contributed by atoms with van der Waals surface area (Å²) in [5.74, 6) is 0. The van der Waals surface area contributed by atoms with E-state index in [9.17, 15) is 0 Å². The molecule has 0 aliphatic heterocycles. The van der Waals surface area contributed by atoms with Gasteiger partial charge >= 0.3 is 0 Å². The van der Waals surface area contributed by atoms with Crippen LogP contribution in [0.4, 0.5) is 0 Å². The second kappa shape index (κ2) is 5.77. The Balaban J connectivity index is 1.96. The highest BCUT2D eigenvalue weighted by Crippen LogP contribution is 2.17. The molecule has 84 valence electrons. The number of rotatable bonds is 5. The molecule has 2 aromatic heterocycles. The van der Waals surface area contributed by atoms with Crippen LogP contribution in [0.25, 0.3) is 0 Å². The number of aryl methyl sites for hydroxylation is 1. The number of hydrogen-bond acceptors (Lipinski definition) is 3. The zero-order valence-electron chi connectivity index (χ0n) is 9.39. The predicted molar refractivity (Wildman–Crippen MR) is 68.7 cm³/mol. The lowest BCUT2D eigenvalue weighted by molar-refractivity contribution is 0.536. The first-order valence-corrected chi connectivity index (χ1v) is 6.43. The minimum absolute atomic E-state index is 0.348. The first-order valence-electron chi connectivity index (χ1n) is 5.49. The smallest absolute Gasteiger partial charge is 0.0573 e. The number of nitrogens with one attached hydrogen (secondary N) is 1. The summed E-state index contributed by atoms with van der Waals surface area (Å²) in [6, 6.07) is 8.61. The van der Waals surface area contributed by atoms with Crippen molar-refractivity contribution in [3.63, 3.8) is 0 Å². The van der Waals surface area contributed by atoms with Gasteiger partial charge in [-0.1, -0.05) is 6.07 Å². The third-order valence-corrected chi connectivity index (χ3v) is 3.43. The van der Waals surface area contributed by atoms with Gasteiger partial charge in [-0.3, -0.25) is 4.98 Å². The maximum Gasteiger partial charge on any atom is 0.0573 e. The van der Waals surface area contributed by atoms with Crippen LogP contribution in [0.1, 0.15) is 23.7 Å². The van der Waals surface area contributed by atoms with Gasteiger partial charge < -0.3 is 5.32 Å². The Hall–Kier alpha value is -1.19. The lowest BCUT2D eigenvalue weighted by Gasteiger charge is -2.14. The van der Waals surface area contributed by atoms with E-state index in [2.05, 4.69) is 33.2 Å². The van der Waals surface area contributed by atoms with Crippen molar-refractivity contribution in [1.82, 2.24) is 10.3 Å². The number of pyridine rings is 1. The van der Waals surface area contributed by atoms with Crippen LogP contribution in [0, 0.1) is 0 Å². The standard InChI is InChI=1S/C13H16N2S/c1-14-12(13-4-2-3-8-15-13)6-5-11-7-9-16-10-11/h2-4,7-10,12,14H,5-6H2,1H3. The summed E-state index contributed by atoms with van der Waals surface area (Å²) in [5, 5.41) is 7.66. The van der Waals surface area contributed by atoms with E-state index in [0.717, 1.165) is 18.5 Å². The van der Waals surface area contributed by atoms with Gasteiger partial charge in [0.25, 0.3) is 0 Å². The molecule has 2 rings (SSSR count). The van der Waals surface area contributed by atoms with Crippen molar-refractivity contribution in [2.45, 2.75) is 18.9 Å². The van der Waals surface area contributed by atoms with Crippen LogP contribution in [0.5, 0.6) is 0 Å². The highest BCUT2D eigenvalue weighted by molar-refractivity contribution is 7.07. The molecule has 3 heteroatoms. The molecule has 0 saturated heterocycles. The van der Waals surface area contributed by atoms with Crippen molar-refractivity contribution in [2.24, 2.45) is 0 Å². The third kappa shape index (κ3) is 2.90. The molecule has 0 spiro atoms. The van der Waals surface area contributed by atoms with Crippen LogP contribution in [0.3, 0.4) is 0 Å². The SMILES string of the molecule is CNC(CCc1ccsc1)c1ccccn1. The second-order valence-electron chi connectivity index (χ2n) is 3.77. The highest BCUT2D eigenvalue weighted by atomic mass is 32.1. The maximum absolute atomic E-state index is 4.39. The van der Waals surface area contributed by atoms with Gasteiger partial charge in [-0.2, -0.15) is 11.3 Å². The topological polar surface area (TPSA) is 24.9 Å². The molecule has 0 bridgehead atoms. The van der Waals surface area contributed by atoms with Crippen molar-refractivity contribution in [2.75, 3.05) is 7.05 Å². The van der Waals surface area contributed by atoms with E-state index < -0.39 is 0 Å². The summed E-state index contributed by atoms with van der Waals surface area (Å²) in [6.45, 7) is 0. The summed E-state index contributed by atoms with van der Waals surface area (Å²) in [5.41, 5.74) is 2.54. The Morgan fingerprint density at radius 3 is 2.94 bits per heavy atom. The minimum Gasteiger partial charge on any atom is -0.312 e. The third-order valence-electron chi connectivity index (χ3n) is 2.70. The van der Waals surface area contributed by atoms with Crippen LogP contribution in [0.15, 0.2) is 41.2 Å². The highest BCUT2D eigenvalue weighted by Gasteiger charge is 2.09. The normalized spacial score (nSPS) is 12.6. The van der Waals surface area contributed by atoms with E-state index in [4.69, 9.17) is 0 Å². The Labute approximate surface area is 100 Å². The first kappa shape index (κ1) is 11.3. The average Bonchev–Trinajstić information content (AvgIpc) is 2.84. The van der Waals surface area contributed by atoms with Crippen LogP contribution in [-0.4, -0.2) is 12.0 Å². The van der Waals surface area contributed by atoms with Gasteiger partial charge in [-0.15, -0.1) is 0 Å². The van der Waals surface area contributed by atoms with Crippen molar-refractivity contribution >= 4 is 11.3 Å². The largest absolute Gasteiger partial charge is 0.312 e. The molecule has 1 atom stereocenters. The van der Waals surface area contributed by atoms with Gasteiger partial charge in [-0.05, 0) is 54.4 Å². The van der Waals surface area contributed by atoms with E-state index in [0.29, 0.717) is 6.04 Å². The van der Waals surface area contributed by atoms with Gasteiger partial charge in [0.2, 0.25) is 0 Å². The number of aromatic nitrogens is 1. The first-order chi connectivity index (χ1) is 7.90. The molecule has 0 amide bonds. The lowest BCUT2D eigenvalue weighted by Crippen LogP contribution is -2.18. The summed E-state index contributed by atoms with van der Waals surface area (Å²) >= 11 is 1.76. The van der Waals surface area contributed by atoms with Crippen LogP contribution in [0.2, 0.25) is 0 Å². The van der Waals surface area contributed by atoms with Gasteiger partial charge in [-0.25, -0.2) is 0 Å². The molecule has 16 heavy (non-hydrogen) atoms. The van der Waals surface area contributed by atoms with Crippen molar-refractivity contribution in [3.05, 3.63) is 52.5 Å². The molecule has 0 radical (unpaired) electrons. The Kier molecular flexibility index (Phi) is 4.08. The molecule has 0 fully saturated rings. The average molecular weight is 232 g/mol. The molecule has 0 aromatic carbocycles. The molecular formula is C13H16N2S. The van der Waals surface area contributed by atoms with E-state index in [1.807, 2.05) is 25.4 Å². The Morgan fingerprint density at radius 1 is 1.38 bits per heavy atom. The van der Waals surface area contributed by atoms with E-state index in [1.165, 1.54) is 5.56 Å². The fraction of sp³-hybridized carbons (Fsp3) is 0.308. The molecule has 2 aromatic rings. The minimum atomic E-state index is 0.348. The van der Waals surface area contributed by atoms with Crippen molar-refractivity contribution in [3.8, 4) is 0 Å². The molecule has 1 unspecified atom stereocenters. The van der Waals surface area contributed by atoms with Gasteiger partial charge in [0.1, 0.15) is 0 Å². The van der Waals surface area contributed by atoms with E-state index >= 15 is 0 Å². The summed E-state index contributed by atoms with van der Waals surface area (Å²) in [6.07, 6.45) is 4.04.